The fourth-order valence-corrected chi connectivity index (χ4v) is 4.17. The molecular weight excluding hydrogens is 506 g/mol. The van der Waals surface area contributed by atoms with Crippen LogP contribution in [0.15, 0.2) is 59.4 Å². The Labute approximate surface area is 222 Å². The van der Waals surface area contributed by atoms with Crippen molar-refractivity contribution < 1.29 is 23.8 Å². The third kappa shape index (κ3) is 6.04. The summed E-state index contributed by atoms with van der Waals surface area (Å²) >= 11 is 0. The Morgan fingerprint density at radius 2 is 2.08 bits per heavy atom. The molecule has 0 aliphatic carbocycles. The second kappa shape index (κ2) is 11.0. The molecule has 3 aromatic heterocycles. The Bertz CT molecular complexity index is 1520. The van der Waals surface area contributed by atoms with Crippen molar-refractivity contribution in [3.05, 3.63) is 82.1 Å². The lowest BCUT2D eigenvalue weighted by Gasteiger charge is -2.19. The zero-order chi connectivity index (χ0) is 27.4. The van der Waals surface area contributed by atoms with Crippen LogP contribution >= 0.6 is 0 Å². The number of likely N-dealkylation sites (tertiary alicyclic amines) is 1. The van der Waals surface area contributed by atoms with Crippen molar-refractivity contribution in [1.82, 2.24) is 25.0 Å². The van der Waals surface area contributed by atoms with E-state index >= 15 is 0 Å². The number of nitrogens with one attached hydrogen (secondary N) is 1. The van der Waals surface area contributed by atoms with Gasteiger partial charge in [0.05, 0.1) is 23.6 Å². The zero-order valence-corrected chi connectivity index (χ0v) is 20.9. The molecule has 1 aliphatic rings. The number of hydrogen-bond donors (Lipinski definition) is 1. The second-order valence-corrected chi connectivity index (χ2v) is 8.82. The summed E-state index contributed by atoms with van der Waals surface area (Å²) in [6, 6.07) is 11.2. The molecule has 1 saturated heterocycles. The number of amides is 2. The molecule has 0 spiro atoms. The first-order chi connectivity index (χ1) is 18.9. The number of carbonyl (C=O) groups is 2. The SMILES string of the molecule is Cc1nc(-c2ccc(Oc3cc(CN4CCCC4=O)c(NC(=O)Cc4ccccn4)c([N+](=O)[O-])c3)cn2)no1. The molecule has 39 heavy (non-hydrogen) atoms. The number of nitro benzene ring substituents is 1. The highest BCUT2D eigenvalue weighted by Gasteiger charge is 2.27. The van der Waals surface area contributed by atoms with Crippen LogP contribution in [0.5, 0.6) is 11.5 Å². The topological polar surface area (TPSA) is 166 Å². The average molecular weight is 530 g/mol. The largest absolute Gasteiger partial charge is 0.455 e. The van der Waals surface area contributed by atoms with E-state index in [2.05, 4.69) is 25.4 Å². The van der Waals surface area contributed by atoms with Crippen molar-refractivity contribution in [3.8, 4) is 23.0 Å². The number of aryl methyl sites for hydroxylation is 1. The number of benzene rings is 1. The minimum atomic E-state index is -0.599. The maximum Gasteiger partial charge on any atom is 0.296 e. The molecule has 2 amide bonds. The van der Waals surface area contributed by atoms with E-state index in [1.54, 1.807) is 54.4 Å². The van der Waals surface area contributed by atoms with Crippen LogP contribution in [0.2, 0.25) is 0 Å². The number of rotatable bonds is 9. The van der Waals surface area contributed by atoms with Crippen molar-refractivity contribution in [1.29, 1.82) is 0 Å². The first-order valence-corrected chi connectivity index (χ1v) is 12.1. The molecular formula is C26H23N7O6. The van der Waals surface area contributed by atoms with Crippen LogP contribution in [0.25, 0.3) is 11.5 Å². The van der Waals surface area contributed by atoms with Gasteiger partial charge in [-0.1, -0.05) is 11.2 Å². The Hall–Kier alpha value is -5.20. The van der Waals surface area contributed by atoms with E-state index in [9.17, 15) is 19.7 Å². The van der Waals surface area contributed by atoms with Gasteiger partial charge in [0.1, 0.15) is 22.9 Å². The van der Waals surface area contributed by atoms with Crippen LogP contribution in [0.3, 0.4) is 0 Å². The summed E-state index contributed by atoms with van der Waals surface area (Å²) in [5.41, 5.74) is 0.991. The first-order valence-electron chi connectivity index (χ1n) is 12.1. The van der Waals surface area contributed by atoms with Crippen LogP contribution in [-0.2, 0) is 22.6 Å². The molecule has 1 N–H and O–H groups in total. The Morgan fingerprint density at radius 3 is 2.72 bits per heavy atom. The molecule has 0 atom stereocenters. The number of ether oxygens (including phenoxy) is 1. The normalized spacial score (nSPS) is 12.9. The Balaban J connectivity index is 1.45. The average Bonchev–Trinajstić information content (AvgIpc) is 3.54. The molecule has 1 aliphatic heterocycles. The van der Waals surface area contributed by atoms with E-state index < -0.39 is 10.8 Å². The quantitative estimate of drug-likeness (QED) is 0.248. The van der Waals surface area contributed by atoms with E-state index in [1.807, 2.05) is 0 Å². The monoisotopic (exact) mass is 529 g/mol. The number of pyridine rings is 2. The molecule has 0 radical (unpaired) electrons. The van der Waals surface area contributed by atoms with Crippen molar-refractivity contribution in [2.75, 3.05) is 11.9 Å². The van der Waals surface area contributed by atoms with Gasteiger partial charge in [-0.2, -0.15) is 4.98 Å². The molecule has 0 unspecified atom stereocenters. The van der Waals surface area contributed by atoms with Crippen LogP contribution in [0, 0.1) is 17.0 Å². The third-order valence-corrected chi connectivity index (χ3v) is 5.96. The summed E-state index contributed by atoms with van der Waals surface area (Å²) < 4.78 is 10.9. The highest BCUT2D eigenvalue weighted by atomic mass is 16.6. The van der Waals surface area contributed by atoms with Gasteiger partial charge in [-0.05, 0) is 36.8 Å². The lowest BCUT2D eigenvalue weighted by atomic mass is 10.1. The number of nitro groups is 1. The minimum absolute atomic E-state index is 0.00827. The van der Waals surface area contributed by atoms with E-state index in [0.29, 0.717) is 53.8 Å². The van der Waals surface area contributed by atoms with Gasteiger partial charge >= 0.3 is 0 Å². The van der Waals surface area contributed by atoms with Crippen LogP contribution in [0.4, 0.5) is 11.4 Å². The maximum absolute atomic E-state index is 12.8. The number of carbonyl (C=O) groups excluding carboxylic acids is 2. The summed E-state index contributed by atoms with van der Waals surface area (Å²) in [6.07, 6.45) is 4.01. The minimum Gasteiger partial charge on any atom is -0.455 e. The molecule has 4 heterocycles. The Morgan fingerprint density at radius 1 is 1.21 bits per heavy atom. The maximum atomic E-state index is 12.8. The summed E-state index contributed by atoms with van der Waals surface area (Å²) in [6.45, 7) is 2.25. The molecule has 198 valence electrons. The van der Waals surface area contributed by atoms with Crippen molar-refractivity contribution in [3.63, 3.8) is 0 Å². The predicted molar refractivity (Wildman–Crippen MR) is 137 cm³/mol. The second-order valence-electron chi connectivity index (χ2n) is 8.82. The van der Waals surface area contributed by atoms with Gasteiger partial charge in [0.15, 0.2) is 0 Å². The van der Waals surface area contributed by atoms with Gasteiger partial charge in [0.2, 0.25) is 23.5 Å². The number of aromatic nitrogens is 4. The zero-order valence-electron chi connectivity index (χ0n) is 20.9. The van der Waals surface area contributed by atoms with E-state index in [1.165, 1.54) is 12.3 Å². The summed E-state index contributed by atoms with van der Waals surface area (Å²) in [4.78, 5) is 50.8. The summed E-state index contributed by atoms with van der Waals surface area (Å²) in [7, 11) is 0. The van der Waals surface area contributed by atoms with E-state index in [4.69, 9.17) is 9.26 Å². The molecule has 5 rings (SSSR count). The van der Waals surface area contributed by atoms with Gasteiger partial charge in [-0.3, -0.25) is 24.7 Å². The Kier molecular flexibility index (Phi) is 7.21. The smallest absolute Gasteiger partial charge is 0.296 e. The molecule has 13 heteroatoms. The standard InChI is InChI=1S/C26H23N7O6/c1-16-29-26(31-39-16)21-8-7-19(14-28-21)38-20-11-17(15-32-10-4-6-24(32)35)25(22(13-20)33(36)37)30-23(34)12-18-5-2-3-9-27-18/h2-3,5,7-9,11,13-14H,4,6,10,12,15H2,1H3,(H,30,34). The van der Waals surface area contributed by atoms with Crippen LogP contribution in [-0.4, -0.2) is 48.3 Å². The highest BCUT2D eigenvalue weighted by molar-refractivity contribution is 5.95. The van der Waals surface area contributed by atoms with E-state index in [0.717, 1.165) is 0 Å². The van der Waals surface area contributed by atoms with Gasteiger partial charge in [0.25, 0.3) is 5.69 Å². The van der Waals surface area contributed by atoms with Crippen LogP contribution in [0.1, 0.15) is 30.0 Å². The van der Waals surface area contributed by atoms with Gasteiger partial charge in [-0.25, -0.2) is 4.98 Å². The third-order valence-electron chi connectivity index (χ3n) is 5.96. The molecule has 0 saturated carbocycles. The molecule has 13 nitrogen and oxygen atoms in total. The number of hydrogen-bond acceptors (Lipinski definition) is 10. The summed E-state index contributed by atoms with van der Waals surface area (Å²) in [5, 5.41) is 18.6. The van der Waals surface area contributed by atoms with Crippen molar-refractivity contribution >= 4 is 23.2 Å². The number of anilines is 1. The lowest BCUT2D eigenvalue weighted by molar-refractivity contribution is -0.384. The van der Waals surface area contributed by atoms with Gasteiger partial charge in [0, 0.05) is 43.9 Å². The predicted octanol–water partition coefficient (Wildman–Crippen LogP) is 3.84. The highest BCUT2D eigenvalue weighted by Crippen LogP contribution is 2.37. The fraction of sp³-hybridized carbons (Fsp3) is 0.231. The van der Waals surface area contributed by atoms with E-state index in [-0.39, 0.29) is 36.0 Å². The summed E-state index contributed by atoms with van der Waals surface area (Å²) in [5.74, 6) is 0.635. The fourth-order valence-electron chi connectivity index (χ4n) is 4.17. The van der Waals surface area contributed by atoms with Gasteiger partial charge < -0.3 is 19.5 Å². The van der Waals surface area contributed by atoms with Gasteiger partial charge in [-0.15, -0.1) is 0 Å². The molecule has 1 aromatic carbocycles. The van der Waals surface area contributed by atoms with Crippen molar-refractivity contribution in [2.24, 2.45) is 0 Å². The first kappa shape index (κ1) is 25.4. The van der Waals surface area contributed by atoms with Crippen LogP contribution < -0.4 is 10.1 Å². The van der Waals surface area contributed by atoms with Crippen molar-refractivity contribution in [2.45, 2.75) is 32.7 Å². The molecule has 0 bridgehead atoms. The molecule has 1 fully saturated rings. The number of nitrogens with zero attached hydrogens (tertiary/aromatic N) is 6. The lowest BCUT2D eigenvalue weighted by Crippen LogP contribution is -2.25. The molecule has 4 aromatic rings.